The molecule has 0 aromatic carbocycles. The Bertz CT molecular complexity index is 565. The van der Waals surface area contributed by atoms with Crippen LogP contribution in [0.15, 0.2) is 4.42 Å². The van der Waals surface area contributed by atoms with Gasteiger partial charge in [0.25, 0.3) is 0 Å². The van der Waals surface area contributed by atoms with Crippen molar-refractivity contribution in [1.29, 1.82) is 0 Å². The normalized spacial score (nSPS) is 24.5. The van der Waals surface area contributed by atoms with E-state index in [0.717, 1.165) is 75.9 Å². The van der Waals surface area contributed by atoms with Gasteiger partial charge in [0.2, 0.25) is 5.91 Å². The van der Waals surface area contributed by atoms with Gasteiger partial charge in [-0.15, -0.1) is 12.4 Å². The monoisotopic (exact) mass is 355 g/mol. The number of carbonyl (C=O) groups excluding carboxylic acids is 1. The van der Waals surface area contributed by atoms with Gasteiger partial charge in [0.05, 0.1) is 6.54 Å². The fourth-order valence-corrected chi connectivity index (χ4v) is 3.82. The van der Waals surface area contributed by atoms with E-state index in [2.05, 4.69) is 5.32 Å². The number of fused-ring (bicyclic) bond motifs is 1. The van der Waals surface area contributed by atoms with E-state index in [-0.39, 0.29) is 18.3 Å². The number of hydrogen-bond acceptors (Lipinski definition) is 5. The predicted molar refractivity (Wildman–Crippen MR) is 91.3 cm³/mol. The second-order valence-corrected chi connectivity index (χ2v) is 6.94. The van der Waals surface area contributed by atoms with Gasteiger partial charge < -0.3 is 19.4 Å². The van der Waals surface area contributed by atoms with Crippen LogP contribution in [-0.4, -0.2) is 48.6 Å². The molecule has 0 saturated carbocycles. The fraction of sp³-hybridized carbons (Fsp3) is 0.765. The molecule has 3 aliphatic heterocycles. The van der Waals surface area contributed by atoms with Gasteiger partial charge >= 0.3 is 0 Å². The number of halogens is 1. The van der Waals surface area contributed by atoms with Crippen LogP contribution in [0.3, 0.4) is 0 Å². The zero-order valence-corrected chi connectivity index (χ0v) is 14.8. The van der Waals surface area contributed by atoms with Crippen molar-refractivity contribution in [3.8, 4) is 0 Å². The third-order valence-electron chi connectivity index (χ3n) is 5.29. The van der Waals surface area contributed by atoms with Crippen LogP contribution in [0.1, 0.15) is 48.9 Å². The summed E-state index contributed by atoms with van der Waals surface area (Å²) in [6.07, 6.45) is 4.53. The second kappa shape index (κ2) is 7.85. The first-order chi connectivity index (χ1) is 11.3. The number of oxazole rings is 1. The van der Waals surface area contributed by atoms with E-state index in [0.29, 0.717) is 24.8 Å². The Morgan fingerprint density at radius 2 is 2.12 bits per heavy atom. The third kappa shape index (κ3) is 3.76. The van der Waals surface area contributed by atoms with E-state index in [4.69, 9.17) is 14.1 Å². The molecule has 3 aliphatic rings. The maximum atomic E-state index is 12.5. The van der Waals surface area contributed by atoms with Gasteiger partial charge in [-0.1, -0.05) is 0 Å². The first kappa shape index (κ1) is 17.7. The number of amides is 1. The average molecular weight is 356 g/mol. The fourth-order valence-electron chi connectivity index (χ4n) is 3.82. The Morgan fingerprint density at radius 3 is 2.88 bits per heavy atom. The molecule has 1 aromatic rings. The third-order valence-corrected chi connectivity index (χ3v) is 5.29. The van der Waals surface area contributed by atoms with Crippen LogP contribution in [0.2, 0.25) is 0 Å². The minimum Gasteiger partial charge on any atom is -0.445 e. The standard InChI is InChI=1S/C17H25N3O3.ClH/c21-16(9-12-1-5-18-10-12)20-6-2-15-14(11-20)19-17(23-15)13-3-7-22-8-4-13;/h12-13,18H,1-11H2;1H. The van der Waals surface area contributed by atoms with Crippen LogP contribution in [0, 0.1) is 5.92 Å². The van der Waals surface area contributed by atoms with Crippen LogP contribution in [-0.2, 0) is 22.5 Å². The average Bonchev–Trinajstić information content (AvgIpc) is 3.24. The summed E-state index contributed by atoms with van der Waals surface area (Å²) in [4.78, 5) is 19.2. The number of hydrogen-bond donors (Lipinski definition) is 1. The Hall–Kier alpha value is -1.11. The van der Waals surface area contributed by atoms with E-state index in [9.17, 15) is 4.79 Å². The molecule has 1 unspecified atom stereocenters. The Labute approximate surface area is 148 Å². The van der Waals surface area contributed by atoms with Crippen LogP contribution in [0.5, 0.6) is 0 Å². The van der Waals surface area contributed by atoms with Gasteiger partial charge in [-0.3, -0.25) is 4.79 Å². The summed E-state index contributed by atoms with van der Waals surface area (Å²) < 4.78 is 11.4. The number of ether oxygens (including phenoxy) is 1. The SMILES string of the molecule is Cl.O=C(CC1CCNC1)N1CCc2oc(C3CCOCC3)nc2C1. The molecule has 6 nitrogen and oxygen atoms in total. The molecule has 4 heterocycles. The molecular weight excluding hydrogens is 330 g/mol. The van der Waals surface area contributed by atoms with Crippen molar-refractivity contribution in [1.82, 2.24) is 15.2 Å². The van der Waals surface area contributed by atoms with Gasteiger partial charge in [0.15, 0.2) is 5.89 Å². The summed E-state index contributed by atoms with van der Waals surface area (Å²) in [6, 6.07) is 0. The molecule has 0 bridgehead atoms. The highest BCUT2D eigenvalue weighted by Gasteiger charge is 2.29. The lowest BCUT2D eigenvalue weighted by atomic mass is 10.0. The summed E-state index contributed by atoms with van der Waals surface area (Å²) in [6.45, 7) is 4.97. The first-order valence-electron chi connectivity index (χ1n) is 8.84. The smallest absolute Gasteiger partial charge is 0.223 e. The quantitative estimate of drug-likeness (QED) is 0.896. The predicted octanol–water partition coefficient (Wildman–Crippen LogP) is 1.87. The summed E-state index contributed by atoms with van der Waals surface area (Å²) in [7, 11) is 0. The lowest BCUT2D eigenvalue weighted by Crippen LogP contribution is -2.36. The minimum absolute atomic E-state index is 0. The number of aromatic nitrogens is 1. The van der Waals surface area contributed by atoms with E-state index in [1.807, 2.05) is 4.90 Å². The number of nitrogens with one attached hydrogen (secondary N) is 1. The van der Waals surface area contributed by atoms with Gasteiger partial charge in [-0.25, -0.2) is 4.98 Å². The minimum atomic E-state index is 0. The molecule has 1 aromatic heterocycles. The number of rotatable bonds is 3. The largest absolute Gasteiger partial charge is 0.445 e. The highest BCUT2D eigenvalue weighted by Crippen LogP contribution is 2.30. The Balaban J connectivity index is 0.00000169. The maximum absolute atomic E-state index is 12.5. The molecular formula is C17H26ClN3O3. The van der Waals surface area contributed by atoms with E-state index in [1.54, 1.807) is 0 Å². The Kier molecular flexibility index (Phi) is 5.79. The highest BCUT2D eigenvalue weighted by atomic mass is 35.5. The molecule has 1 atom stereocenters. The first-order valence-corrected chi connectivity index (χ1v) is 8.84. The summed E-state index contributed by atoms with van der Waals surface area (Å²) in [5.74, 6) is 2.98. The molecule has 2 fully saturated rings. The molecule has 7 heteroatoms. The van der Waals surface area contributed by atoms with E-state index in [1.165, 1.54) is 0 Å². The van der Waals surface area contributed by atoms with Crippen molar-refractivity contribution in [2.45, 2.75) is 44.6 Å². The topological polar surface area (TPSA) is 67.6 Å². The van der Waals surface area contributed by atoms with Gasteiger partial charge in [0, 0.05) is 38.5 Å². The molecule has 134 valence electrons. The lowest BCUT2D eigenvalue weighted by molar-refractivity contribution is -0.133. The Morgan fingerprint density at radius 1 is 1.29 bits per heavy atom. The molecule has 24 heavy (non-hydrogen) atoms. The zero-order valence-electron chi connectivity index (χ0n) is 14.0. The van der Waals surface area contributed by atoms with Crippen LogP contribution < -0.4 is 5.32 Å². The number of carbonyl (C=O) groups is 1. The molecule has 0 spiro atoms. The van der Waals surface area contributed by atoms with Crippen molar-refractivity contribution >= 4 is 18.3 Å². The molecule has 0 radical (unpaired) electrons. The van der Waals surface area contributed by atoms with Gasteiger partial charge in [-0.05, 0) is 38.3 Å². The molecule has 1 amide bonds. The highest BCUT2D eigenvalue weighted by molar-refractivity contribution is 5.85. The summed E-state index contributed by atoms with van der Waals surface area (Å²) >= 11 is 0. The van der Waals surface area contributed by atoms with Crippen molar-refractivity contribution in [3.63, 3.8) is 0 Å². The van der Waals surface area contributed by atoms with Crippen LogP contribution in [0.4, 0.5) is 0 Å². The van der Waals surface area contributed by atoms with Gasteiger partial charge in [-0.2, -0.15) is 0 Å². The van der Waals surface area contributed by atoms with Crippen LogP contribution in [0.25, 0.3) is 0 Å². The molecule has 0 aliphatic carbocycles. The molecule has 1 N–H and O–H groups in total. The zero-order chi connectivity index (χ0) is 15.6. The van der Waals surface area contributed by atoms with E-state index >= 15 is 0 Å². The van der Waals surface area contributed by atoms with Crippen molar-refractivity contribution in [2.24, 2.45) is 5.92 Å². The van der Waals surface area contributed by atoms with Crippen molar-refractivity contribution in [3.05, 3.63) is 17.3 Å². The van der Waals surface area contributed by atoms with Crippen LogP contribution >= 0.6 is 12.4 Å². The molecule has 4 rings (SSSR count). The summed E-state index contributed by atoms with van der Waals surface area (Å²) in [5.41, 5.74) is 0.968. The van der Waals surface area contributed by atoms with Gasteiger partial charge in [0.1, 0.15) is 11.5 Å². The van der Waals surface area contributed by atoms with E-state index < -0.39 is 0 Å². The number of nitrogens with zero attached hydrogens (tertiary/aromatic N) is 2. The lowest BCUT2D eigenvalue weighted by Gasteiger charge is -2.26. The maximum Gasteiger partial charge on any atom is 0.223 e. The second-order valence-electron chi connectivity index (χ2n) is 6.94. The summed E-state index contributed by atoms with van der Waals surface area (Å²) in [5, 5.41) is 3.33. The van der Waals surface area contributed by atoms with Crippen molar-refractivity contribution < 1.29 is 13.9 Å². The van der Waals surface area contributed by atoms with Crippen molar-refractivity contribution in [2.75, 3.05) is 32.8 Å². The molecule has 2 saturated heterocycles.